The van der Waals surface area contributed by atoms with Crippen LogP contribution in [0, 0.1) is 0 Å². The molecule has 2 aromatic rings. The number of aliphatic hydroxyl groups is 1. The smallest absolute Gasteiger partial charge is 0.234 e. The number of benzene rings is 2. The molecular weight excluding hydrogens is 312 g/mol. The average molecular weight is 338 g/mol. The fourth-order valence-corrected chi connectivity index (χ4v) is 3.42. The number of carbonyl (C=O) groups is 1. The Labute approximate surface area is 149 Å². The standard InChI is InChI=1S/C21H26N2O2/c1-14(22-18(11-12-24)15-7-5-4-6-8-15)16-9-10-19-17(13-16)21(2,3)20(25)23-19/h4-10,13-14,18,22,24H,11-12H2,1-3H3,(H,23,25)/t14?,18-/m1/s1. The van der Waals surface area contributed by atoms with Crippen LogP contribution in [0.1, 0.15) is 56.0 Å². The molecule has 1 heterocycles. The highest BCUT2D eigenvalue weighted by atomic mass is 16.3. The van der Waals surface area contributed by atoms with Crippen LogP contribution in [-0.4, -0.2) is 17.6 Å². The van der Waals surface area contributed by atoms with E-state index in [0.717, 1.165) is 16.8 Å². The molecule has 4 nitrogen and oxygen atoms in total. The molecular formula is C21H26N2O2. The molecule has 1 amide bonds. The summed E-state index contributed by atoms with van der Waals surface area (Å²) in [6.07, 6.45) is 0.658. The summed E-state index contributed by atoms with van der Waals surface area (Å²) in [6.45, 7) is 6.16. The third-order valence-electron chi connectivity index (χ3n) is 5.10. The number of hydrogen-bond acceptors (Lipinski definition) is 3. The number of aliphatic hydroxyl groups excluding tert-OH is 1. The fourth-order valence-electron chi connectivity index (χ4n) is 3.42. The van der Waals surface area contributed by atoms with E-state index >= 15 is 0 Å². The number of anilines is 1. The molecule has 0 fully saturated rings. The van der Waals surface area contributed by atoms with Crippen LogP contribution in [0.2, 0.25) is 0 Å². The van der Waals surface area contributed by atoms with Crippen molar-refractivity contribution in [3.63, 3.8) is 0 Å². The summed E-state index contributed by atoms with van der Waals surface area (Å²) in [7, 11) is 0. The number of nitrogens with one attached hydrogen (secondary N) is 2. The van der Waals surface area contributed by atoms with Crippen molar-refractivity contribution in [3.8, 4) is 0 Å². The Morgan fingerprint density at radius 1 is 1.12 bits per heavy atom. The Bertz CT molecular complexity index is 756. The van der Waals surface area contributed by atoms with Crippen LogP contribution in [-0.2, 0) is 10.2 Å². The van der Waals surface area contributed by atoms with Gasteiger partial charge in [0.15, 0.2) is 0 Å². The van der Waals surface area contributed by atoms with Gasteiger partial charge in [0, 0.05) is 24.4 Å². The van der Waals surface area contributed by atoms with Crippen LogP contribution in [0.25, 0.3) is 0 Å². The quantitative estimate of drug-likeness (QED) is 0.753. The van der Waals surface area contributed by atoms with Gasteiger partial charge in [-0.15, -0.1) is 0 Å². The molecule has 0 bridgehead atoms. The monoisotopic (exact) mass is 338 g/mol. The molecule has 0 spiro atoms. The molecule has 25 heavy (non-hydrogen) atoms. The first-order valence-corrected chi connectivity index (χ1v) is 8.81. The maximum atomic E-state index is 12.1. The van der Waals surface area contributed by atoms with Crippen LogP contribution in [0.3, 0.4) is 0 Å². The van der Waals surface area contributed by atoms with Crippen molar-refractivity contribution in [2.45, 2.75) is 44.7 Å². The zero-order valence-electron chi connectivity index (χ0n) is 15.0. The van der Waals surface area contributed by atoms with Crippen LogP contribution in [0.4, 0.5) is 5.69 Å². The maximum Gasteiger partial charge on any atom is 0.234 e. The molecule has 3 rings (SSSR count). The molecule has 0 saturated heterocycles. The normalized spacial score (nSPS) is 17.7. The summed E-state index contributed by atoms with van der Waals surface area (Å²) in [5, 5.41) is 16.0. The minimum absolute atomic E-state index is 0.0442. The van der Waals surface area contributed by atoms with E-state index in [2.05, 4.69) is 41.8 Å². The first-order valence-electron chi connectivity index (χ1n) is 8.81. The van der Waals surface area contributed by atoms with Crippen molar-refractivity contribution >= 4 is 11.6 Å². The number of amides is 1. The van der Waals surface area contributed by atoms with Crippen molar-refractivity contribution in [3.05, 3.63) is 65.2 Å². The van der Waals surface area contributed by atoms with Crippen molar-refractivity contribution in [2.75, 3.05) is 11.9 Å². The van der Waals surface area contributed by atoms with Crippen LogP contribution < -0.4 is 10.6 Å². The van der Waals surface area contributed by atoms with Crippen LogP contribution in [0.15, 0.2) is 48.5 Å². The summed E-state index contributed by atoms with van der Waals surface area (Å²) >= 11 is 0. The second kappa shape index (κ2) is 6.98. The molecule has 2 atom stereocenters. The summed E-state index contributed by atoms with van der Waals surface area (Å²) in [5.74, 6) is 0.0442. The fraction of sp³-hybridized carbons (Fsp3) is 0.381. The van der Waals surface area contributed by atoms with Crippen molar-refractivity contribution in [2.24, 2.45) is 0 Å². The van der Waals surface area contributed by atoms with E-state index in [1.54, 1.807) is 0 Å². The Hall–Kier alpha value is -2.17. The SMILES string of the molecule is CC(N[C@H](CCO)c1ccccc1)c1ccc2c(c1)C(C)(C)C(=O)N2. The van der Waals surface area contributed by atoms with Gasteiger partial charge in [0.2, 0.25) is 5.91 Å². The van der Waals surface area contributed by atoms with Gasteiger partial charge in [-0.05, 0) is 49.9 Å². The van der Waals surface area contributed by atoms with Gasteiger partial charge in [0.25, 0.3) is 0 Å². The lowest BCUT2D eigenvalue weighted by molar-refractivity contribution is -0.119. The highest BCUT2D eigenvalue weighted by Gasteiger charge is 2.38. The van der Waals surface area contributed by atoms with E-state index in [0.29, 0.717) is 6.42 Å². The van der Waals surface area contributed by atoms with Gasteiger partial charge in [0.05, 0.1) is 5.41 Å². The Kier molecular flexibility index (Phi) is 4.93. The van der Waals surface area contributed by atoms with Crippen molar-refractivity contribution in [1.82, 2.24) is 5.32 Å². The molecule has 1 unspecified atom stereocenters. The summed E-state index contributed by atoms with van der Waals surface area (Å²) < 4.78 is 0. The van der Waals surface area contributed by atoms with E-state index in [1.165, 1.54) is 5.56 Å². The number of hydrogen-bond donors (Lipinski definition) is 3. The zero-order chi connectivity index (χ0) is 18.0. The summed E-state index contributed by atoms with van der Waals surface area (Å²) in [6, 6.07) is 16.5. The predicted molar refractivity (Wildman–Crippen MR) is 101 cm³/mol. The number of rotatable bonds is 6. The molecule has 1 aliphatic rings. The van der Waals surface area contributed by atoms with Gasteiger partial charge < -0.3 is 15.7 Å². The van der Waals surface area contributed by atoms with Gasteiger partial charge in [-0.3, -0.25) is 4.79 Å². The Morgan fingerprint density at radius 3 is 2.52 bits per heavy atom. The molecule has 1 aliphatic heterocycles. The molecule has 0 aromatic heterocycles. The minimum Gasteiger partial charge on any atom is -0.396 e. The predicted octanol–water partition coefficient (Wildman–Crippen LogP) is 3.69. The van der Waals surface area contributed by atoms with Gasteiger partial charge in [0.1, 0.15) is 0 Å². The minimum atomic E-state index is -0.505. The lowest BCUT2D eigenvalue weighted by Crippen LogP contribution is -2.27. The van der Waals surface area contributed by atoms with Crippen molar-refractivity contribution < 1.29 is 9.90 Å². The number of carbonyl (C=O) groups excluding carboxylic acids is 1. The lowest BCUT2D eigenvalue weighted by atomic mass is 9.84. The van der Waals surface area contributed by atoms with Crippen molar-refractivity contribution in [1.29, 1.82) is 0 Å². The van der Waals surface area contributed by atoms with Crippen LogP contribution in [0.5, 0.6) is 0 Å². The van der Waals surface area contributed by atoms with E-state index in [-0.39, 0.29) is 24.6 Å². The molecule has 0 aliphatic carbocycles. The molecule has 132 valence electrons. The Balaban J connectivity index is 1.83. The van der Waals surface area contributed by atoms with Gasteiger partial charge >= 0.3 is 0 Å². The van der Waals surface area contributed by atoms with E-state index in [9.17, 15) is 9.90 Å². The molecule has 0 saturated carbocycles. The highest BCUT2D eigenvalue weighted by Crippen LogP contribution is 2.38. The molecule has 4 heteroatoms. The Morgan fingerprint density at radius 2 is 1.84 bits per heavy atom. The van der Waals surface area contributed by atoms with Gasteiger partial charge in [-0.2, -0.15) is 0 Å². The molecule has 2 aromatic carbocycles. The lowest BCUT2D eigenvalue weighted by Gasteiger charge is -2.25. The maximum absolute atomic E-state index is 12.1. The second-order valence-electron chi connectivity index (χ2n) is 7.25. The summed E-state index contributed by atoms with van der Waals surface area (Å²) in [5.41, 5.74) is 3.75. The van der Waals surface area contributed by atoms with E-state index in [1.807, 2.05) is 38.1 Å². The summed E-state index contributed by atoms with van der Waals surface area (Å²) in [4.78, 5) is 12.1. The third-order valence-corrected chi connectivity index (χ3v) is 5.10. The first-order chi connectivity index (χ1) is 11.9. The average Bonchev–Trinajstić information content (AvgIpc) is 2.84. The number of fused-ring (bicyclic) bond motifs is 1. The largest absolute Gasteiger partial charge is 0.396 e. The van der Waals surface area contributed by atoms with E-state index in [4.69, 9.17) is 0 Å². The van der Waals surface area contributed by atoms with Crippen LogP contribution >= 0.6 is 0 Å². The van der Waals surface area contributed by atoms with Gasteiger partial charge in [-0.25, -0.2) is 0 Å². The second-order valence-corrected chi connectivity index (χ2v) is 7.25. The topological polar surface area (TPSA) is 61.4 Å². The van der Waals surface area contributed by atoms with E-state index < -0.39 is 5.41 Å². The zero-order valence-corrected chi connectivity index (χ0v) is 15.0. The third kappa shape index (κ3) is 3.46. The van der Waals surface area contributed by atoms with Gasteiger partial charge in [-0.1, -0.05) is 42.5 Å². The first kappa shape index (κ1) is 17.6. The highest BCUT2D eigenvalue weighted by molar-refractivity contribution is 6.05. The molecule has 0 radical (unpaired) electrons. The molecule has 3 N–H and O–H groups in total.